The third-order valence-corrected chi connectivity index (χ3v) is 4.46. The van der Waals surface area contributed by atoms with Crippen molar-refractivity contribution in [2.75, 3.05) is 4.90 Å². The van der Waals surface area contributed by atoms with Crippen LogP contribution < -0.4 is 29.7 Å². The zero-order chi connectivity index (χ0) is 16.0. The zero-order valence-electron chi connectivity index (χ0n) is 16.5. The van der Waals surface area contributed by atoms with Crippen LogP contribution in [0.3, 0.4) is 0 Å². The molecule has 1 saturated heterocycles. The summed E-state index contributed by atoms with van der Waals surface area (Å²) in [6.45, 7) is 22.2. The smallest absolute Gasteiger partial charge is 1.00 e. The maximum atomic E-state index is 3.76. The second-order valence-corrected chi connectivity index (χ2v) is 8.41. The van der Waals surface area contributed by atoms with Crippen LogP contribution in [0.15, 0.2) is 18.2 Å². The molecule has 132 valence electrons. The molecule has 1 aromatic rings. The number of hydrogen-bond donors (Lipinski definition) is 0. The first-order chi connectivity index (χ1) is 9.55. The Hall–Kier alpha value is -0.231. The summed E-state index contributed by atoms with van der Waals surface area (Å²) in [4.78, 5) is 2.44. The average Bonchev–Trinajstić information content (AvgIpc) is 2.55. The van der Waals surface area contributed by atoms with E-state index in [9.17, 15) is 0 Å². The SMILES string of the molecule is CC(C)c1cccc(C(C)C)c1N1[C]C(C)(C)CC1(C)C.[Be+2].[Cl-].[Cl-]. The van der Waals surface area contributed by atoms with Gasteiger partial charge in [-0.25, -0.2) is 0 Å². The Morgan fingerprint density at radius 2 is 1.33 bits per heavy atom. The minimum absolute atomic E-state index is 0. The van der Waals surface area contributed by atoms with Crippen LogP contribution in [-0.4, -0.2) is 15.7 Å². The van der Waals surface area contributed by atoms with E-state index < -0.39 is 0 Å². The van der Waals surface area contributed by atoms with Crippen LogP contribution in [0.25, 0.3) is 0 Å². The number of rotatable bonds is 3. The van der Waals surface area contributed by atoms with Gasteiger partial charge in [-0.15, -0.1) is 0 Å². The van der Waals surface area contributed by atoms with E-state index in [1.54, 1.807) is 0 Å². The fourth-order valence-corrected chi connectivity index (χ4v) is 3.78. The summed E-state index contributed by atoms with van der Waals surface area (Å²) in [6, 6.07) is 6.78. The van der Waals surface area contributed by atoms with Gasteiger partial charge in [0.15, 0.2) is 0 Å². The maximum Gasteiger partial charge on any atom is 2.00 e. The van der Waals surface area contributed by atoms with Crippen LogP contribution in [-0.2, 0) is 0 Å². The van der Waals surface area contributed by atoms with Crippen LogP contribution in [0.1, 0.15) is 84.8 Å². The average molecular weight is 365 g/mol. The van der Waals surface area contributed by atoms with Crippen molar-refractivity contribution in [2.24, 2.45) is 5.41 Å². The molecule has 0 spiro atoms. The number of halogens is 2. The van der Waals surface area contributed by atoms with E-state index in [4.69, 9.17) is 0 Å². The van der Waals surface area contributed by atoms with Gasteiger partial charge in [0.1, 0.15) is 0 Å². The van der Waals surface area contributed by atoms with E-state index in [0.29, 0.717) is 11.8 Å². The Kier molecular flexibility index (Phi) is 9.67. The van der Waals surface area contributed by atoms with Gasteiger partial charge < -0.3 is 29.7 Å². The van der Waals surface area contributed by atoms with Crippen LogP contribution >= 0.6 is 0 Å². The van der Waals surface area contributed by atoms with Gasteiger partial charge in [0.25, 0.3) is 0 Å². The molecule has 0 atom stereocenters. The first-order valence-electron chi connectivity index (χ1n) is 8.26. The molecule has 1 aromatic carbocycles. The van der Waals surface area contributed by atoms with Gasteiger partial charge in [-0.2, -0.15) is 0 Å². The predicted octanol–water partition coefficient (Wildman–Crippen LogP) is -0.386. The van der Waals surface area contributed by atoms with Gasteiger partial charge in [0.05, 0.1) is 6.54 Å². The Balaban J connectivity index is 0. The summed E-state index contributed by atoms with van der Waals surface area (Å²) in [5, 5.41) is 0. The van der Waals surface area contributed by atoms with Crippen LogP contribution in [0, 0.1) is 12.0 Å². The van der Waals surface area contributed by atoms with E-state index in [1.807, 2.05) is 0 Å². The van der Waals surface area contributed by atoms with E-state index in [1.165, 1.54) is 16.8 Å². The fraction of sp³-hybridized carbons (Fsp3) is 0.650. The minimum atomic E-state index is 0. The maximum absolute atomic E-state index is 3.76. The normalized spacial score (nSPS) is 18.0. The van der Waals surface area contributed by atoms with Gasteiger partial charge in [-0.05, 0) is 48.6 Å². The molecule has 1 aliphatic rings. The number of hydrogen-bond acceptors (Lipinski definition) is 1. The Morgan fingerprint density at radius 1 is 0.917 bits per heavy atom. The molecular formula is C20H31BeCl2N. The zero-order valence-corrected chi connectivity index (χ0v) is 18.0. The molecular weight excluding hydrogens is 334 g/mol. The molecule has 24 heavy (non-hydrogen) atoms. The Bertz CT molecular complexity index is 498. The van der Waals surface area contributed by atoms with Gasteiger partial charge >= 0.3 is 10.1 Å². The first kappa shape index (κ1) is 26.0. The van der Waals surface area contributed by atoms with Gasteiger partial charge in [0.2, 0.25) is 0 Å². The molecule has 1 nitrogen and oxygen atoms in total. The van der Waals surface area contributed by atoms with Crippen molar-refractivity contribution >= 4 is 15.8 Å². The summed E-state index contributed by atoms with van der Waals surface area (Å²) in [5.74, 6) is 1.06. The molecule has 0 N–H and O–H groups in total. The molecule has 1 fully saturated rings. The molecule has 0 aromatic heterocycles. The number of anilines is 1. The Labute approximate surface area is 166 Å². The minimum Gasteiger partial charge on any atom is -1.00 e. The third kappa shape index (κ3) is 5.13. The predicted molar refractivity (Wildman–Crippen MR) is 98.6 cm³/mol. The molecule has 4 heteroatoms. The second kappa shape index (κ2) is 8.93. The number of benzene rings is 1. The largest absolute Gasteiger partial charge is 2.00 e. The third-order valence-electron chi connectivity index (χ3n) is 4.46. The summed E-state index contributed by atoms with van der Waals surface area (Å²) in [5.41, 5.74) is 4.55. The van der Waals surface area contributed by atoms with Crippen LogP contribution in [0.2, 0.25) is 0 Å². The second-order valence-electron chi connectivity index (χ2n) is 8.41. The van der Waals surface area contributed by atoms with Crippen molar-refractivity contribution in [1.82, 2.24) is 0 Å². The van der Waals surface area contributed by atoms with Crippen molar-refractivity contribution < 1.29 is 24.8 Å². The molecule has 0 amide bonds. The molecule has 0 unspecified atom stereocenters. The first-order valence-corrected chi connectivity index (χ1v) is 8.26. The fourth-order valence-electron chi connectivity index (χ4n) is 3.78. The summed E-state index contributed by atoms with van der Waals surface area (Å²) >= 11 is 0. The van der Waals surface area contributed by atoms with Gasteiger partial charge in [-0.3, -0.25) is 0 Å². The van der Waals surface area contributed by atoms with Crippen LogP contribution in [0.4, 0.5) is 5.69 Å². The summed E-state index contributed by atoms with van der Waals surface area (Å²) < 4.78 is 0. The van der Waals surface area contributed by atoms with Gasteiger partial charge in [0, 0.05) is 11.2 Å². The quantitative estimate of drug-likeness (QED) is 0.660. The standard InChI is InChI=1S/C20H31N.Be.2ClH/c1-14(2)16-10-9-11-17(15(3)4)18(16)21-13-19(5,6)12-20(21,7)8;;;/h9-11,14-15H,12H2,1-8H3;;2*1H/q;+2;;/p-2. The van der Waals surface area contributed by atoms with Crippen molar-refractivity contribution in [2.45, 2.75) is 79.2 Å². The molecule has 0 saturated carbocycles. The van der Waals surface area contributed by atoms with E-state index in [0.717, 1.165) is 6.42 Å². The molecule has 2 radical (unpaired) electrons. The van der Waals surface area contributed by atoms with Crippen molar-refractivity contribution in [1.29, 1.82) is 0 Å². The van der Waals surface area contributed by atoms with Crippen molar-refractivity contribution in [3.8, 4) is 0 Å². The Morgan fingerprint density at radius 3 is 1.62 bits per heavy atom. The molecule has 2 rings (SSSR count). The molecule has 1 heterocycles. The summed E-state index contributed by atoms with van der Waals surface area (Å²) in [7, 11) is 0. The van der Waals surface area contributed by atoms with Gasteiger partial charge in [-0.1, -0.05) is 59.7 Å². The van der Waals surface area contributed by atoms with E-state index >= 15 is 0 Å². The van der Waals surface area contributed by atoms with E-state index in [2.05, 4.69) is 85.0 Å². The monoisotopic (exact) mass is 364 g/mol. The molecule has 0 aliphatic carbocycles. The topological polar surface area (TPSA) is 3.24 Å². The number of para-hydroxylation sites is 1. The molecule has 0 bridgehead atoms. The van der Waals surface area contributed by atoms with Crippen molar-refractivity contribution in [3.05, 3.63) is 35.9 Å². The van der Waals surface area contributed by atoms with Crippen LogP contribution in [0.5, 0.6) is 0 Å². The van der Waals surface area contributed by atoms with E-state index in [-0.39, 0.29) is 45.9 Å². The molecule has 1 aliphatic heterocycles. The number of nitrogens with zero attached hydrogens (tertiary/aromatic N) is 1. The van der Waals surface area contributed by atoms with Crippen molar-refractivity contribution in [3.63, 3.8) is 0 Å². The summed E-state index contributed by atoms with van der Waals surface area (Å²) in [6.07, 6.45) is 1.14.